The molecule has 0 bridgehead atoms. The van der Waals surface area contributed by atoms with E-state index < -0.39 is 5.41 Å². The van der Waals surface area contributed by atoms with Crippen LogP contribution in [0.4, 0.5) is 0 Å². The van der Waals surface area contributed by atoms with Crippen LogP contribution < -0.4 is 10.1 Å². The van der Waals surface area contributed by atoms with Crippen molar-refractivity contribution in [2.45, 2.75) is 34.6 Å². The van der Waals surface area contributed by atoms with Gasteiger partial charge in [-0.3, -0.25) is 4.79 Å². The van der Waals surface area contributed by atoms with Crippen molar-refractivity contribution in [3.05, 3.63) is 28.8 Å². The summed E-state index contributed by atoms with van der Waals surface area (Å²) < 4.78 is 6.01. The summed E-state index contributed by atoms with van der Waals surface area (Å²) in [7, 11) is 0. The molecule has 1 aromatic carbocycles. The van der Waals surface area contributed by atoms with Gasteiger partial charge in [0.1, 0.15) is 12.4 Å². The first-order valence-corrected chi connectivity index (χ1v) is 8.02. The summed E-state index contributed by atoms with van der Waals surface area (Å²) in [6.07, 6.45) is 0. The van der Waals surface area contributed by atoms with E-state index >= 15 is 0 Å². The average Bonchev–Trinajstić information content (AvgIpc) is 2.49. The molecule has 4 heteroatoms. The number of nitrogens with one attached hydrogen (secondary N) is 1. The highest BCUT2D eigenvalue weighted by molar-refractivity contribution is 5.82. The summed E-state index contributed by atoms with van der Waals surface area (Å²) in [4.78, 5) is 14.6. The van der Waals surface area contributed by atoms with Gasteiger partial charge in [-0.15, -0.1) is 0 Å². The SMILES string of the molecule is Cc1cc(C)c(C)c(OCC(C)(C)C(=O)N2CCNCC2)c1. The highest BCUT2D eigenvalue weighted by atomic mass is 16.5. The Morgan fingerprint density at radius 2 is 1.86 bits per heavy atom. The molecule has 0 spiro atoms. The molecule has 22 heavy (non-hydrogen) atoms. The number of carbonyl (C=O) groups excluding carboxylic acids is 1. The molecule has 0 radical (unpaired) electrons. The van der Waals surface area contributed by atoms with Crippen molar-refractivity contribution in [1.29, 1.82) is 0 Å². The maximum Gasteiger partial charge on any atom is 0.231 e. The molecule has 1 aliphatic rings. The van der Waals surface area contributed by atoms with Crippen molar-refractivity contribution >= 4 is 5.91 Å². The standard InChI is InChI=1S/C18H28N2O2/c1-13-10-14(2)15(3)16(11-13)22-12-18(4,5)17(21)20-8-6-19-7-9-20/h10-11,19H,6-9,12H2,1-5H3. The van der Waals surface area contributed by atoms with E-state index in [0.717, 1.165) is 37.5 Å². The first kappa shape index (κ1) is 16.8. The number of hydrogen-bond acceptors (Lipinski definition) is 3. The lowest BCUT2D eigenvalue weighted by molar-refractivity contribution is -0.142. The number of amides is 1. The van der Waals surface area contributed by atoms with Crippen molar-refractivity contribution in [2.24, 2.45) is 5.41 Å². The smallest absolute Gasteiger partial charge is 0.231 e. The fourth-order valence-corrected chi connectivity index (χ4v) is 2.77. The van der Waals surface area contributed by atoms with Crippen LogP contribution in [0.25, 0.3) is 0 Å². The summed E-state index contributed by atoms with van der Waals surface area (Å²) in [5.74, 6) is 1.06. The molecule has 1 aromatic rings. The van der Waals surface area contributed by atoms with Crippen LogP contribution in [0.1, 0.15) is 30.5 Å². The Bertz CT molecular complexity index is 546. The molecule has 122 valence electrons. The lowest BCUT2D eigenvalue weighted by atomic mass is 9.92. The molecule has 1 N–H and O–H groups in total. The van der Waals surface area contributed by atoms with Crippen LogP contribution in [-0.2, 0) is 4.79 Å². The predicted octanol–water partition coefficient (Wildman–Crippen LogP) is 2.45. The van der Waals surface area contributed by atoms with Gasteiger partial charge in [0.05, 0.1) is 5.41 Å². The van der Waals surface area contributed by atoms with E-state index in [4.69, 9.17) is 4.74 Å². The molecule has 1 heterocycles. The zero-order chi connectivity index (χ0) is 16.3. The Morgan fingerprint density at radius 1 is 1.23 bits per heavy atom. The molecule has 1 fully saturated rings. The number of aryl methyl sites for hydroxylation is 2. The minimum Gasteiger partial charge on any atom is -0.492 e. The summed E-state index contributed by atoms with van der Waals surface area (Å²) in [6, 6.07) is 4.20. The van der Waals surface area contributed by atoms with Crippen LogP contribution in [0.2, 0.25) is 0 Å². The van der Waals surface area contributed by atoms with Crippen molar-refractivity contribution in [3.63, 3.8) is 0 Å². The van der Waals surface area contributed by atoms with Gasteiger partial charge in [-0.2, -0.15) is 0 Å². The number of hydrogen-bond donors (Lipinski definition) is 1. The van der Waals surface area contributed by atoms with E-state index in [9.17, 15) is 4.79 Å². The van der Waals surface area contributed by atoms with Crippen LogP contribution in [0.3, 0.4) is 0 Å². The normalized spacial score (nSPS) is 15.8. The molecule has 2 rings (SSSR count). The van der Waals surface area contributed by atoms with E-state index in [-0.39, 0.29) is 5.91 Å². The second-order valence-electron chi connectivity index (χ2n) is 6.92. The number of carbonyl (C=O) groups is 1. The summed E-state index contributed by atoms with van der Waals surface area (Å²) in [5, 5.41) is 3.27. The third kappa shape index (κ3) is 3.80. The van der Waals surface area contributed by atoms with Crippen molar-refractivity contribution < 1.29 is 9.53 Å². The highest BCUT2D eigenvalue weighted by Crippen LogP contribution is 2.27. The Kier molecular flexibility index (Phi) is 5.12. The van der Waals surface area contributed by atoms with Gasteiger partial charge in [-0.1, -0.05) is 6.07 Å². The van der Waals surface area contributed by atoms with Gasteiger partial charge in [0.2, 0.25) is 5.91 Å². The Hall–Kier alpha value is -1.55. The predicted molar refractivity (Wildman–Crippen MR) is 89.4 cm³/mol. The molecule has 4 nitrogen and oxygen atoms in total. The molecule has 0 saturated carbocycles. The molecule has 1 saturated heterocycles. The number of nitrogens with zero attached hydrogens (tertiary/aromatic N) is 1. The topological polar surface area (TPSA) is 41.6 Å². The van der Waals surface area contributed by atoms with Crippen LogP contribution in [0.5, 0.6) is 5.75 Å². The second-order valence-corrected chi connectivity index (χ2v) is 6.92. The molecule has 0 aliphatic carbocycles. The van der Waals surface area contributed by atoms with Gasteiger partial charge >= 0.3 is 0 Å². The number of piperazine rings is 1. The molecule has 0 aromatic heterocycles. The van der Waals surface area contributed by atoms with Gasteiger partial charge in [0, 0.05) is 26.2 Å². The van der Waals surface area contributed by atoms with Gasteiger partial charge in [0.15, 0.2) is 0 Å². The maximum absolute atomic E-state index is 12.7. The number of ether oxygens (including phenoxy) is 1. The minimum absolute atomic E-state index is 0.177. The molecular formula is C18H28N2O2. The van der Waals surface area contributed by atoms with Crippen LogP contribution in [0.15, 0.2) is 12.1 Å². The van der Waals surface area contributed by atoms with Gasteiger partial charge in [0.25, 0.3) is 0 Å². The third-order valence-corrected chi connectivity index (χ3v) is 4.34. The third-order valence-electron chi connectivity index (χ3n) is 4.34. The van der Waals surface area contributed by atoms with Gasteiger partial charge in [-0.05, 0) is 57.4 Å². The van der Waals surface area contributed by atoms with Crippen LogP contribution in [0, 0.1) is 26.2 Å². The minimum atomic E-state index is -0.512. The fraction of sp³-hybridized carbons (Fsp3) is 0.611. The van der Waals surface area contributed by atoms with E-state index in [1.807, 2.05) is 24.8 Å². The van der Waals surface area contributed by atoms with E-state index in [0.29, 0.717) is 6.61 Å². The monoisotopic (exact) mass is 304 g/mol. The maximum atomic E-state index is 12.7. The van der Waals surface area contributed by atoms with Crippen LogP contribution in [-0.4, -0.2) is 43.6 Å². The molecule has 0 atom stereocenters. The zero-order valence-electron chi connectivity index (χ0n) is 14.5. The Balaban J connectivity index is 2.04. The van der Waals surface area contributed by atoms with E-state index in [1.54, 1.807) is 0 Å². The molecule has 1 amide bonds. The van der Waals surface area contributed by atoms with Crippen molar-refractivity contribution in [1.82, 2.24) is 10.2 Å². The first-order chi connectivity index (χ1) is 10.3. The van der Waals surface area contributed by atoms with Gasteiger partial charge in [-0.25, -0.2) is 0 Å². The fourth-order valence-electron chi connectivity index (χ4n) is 2.77. The number of rotatable bonds is 4. The summed E-state index contributed by atoms with van der Waals surface area (Å²) in [6.45, 7) is 13.9. The average molecular weight is 304 g/mol. The van der Waals surface area contributed by atoms with E-state index in [1.165, 1.54) is 11.1 Å². The summed E-state index contributed by atoms with van der Waals surface area (Å²) >= 11 is 0. The Labute approximate surface area is 133 Å². The van der Waals surface area contributed by atoms with Crippen molar-refractivity contribution in [3.8, 4) is 5.75 Å². The number of benzene rings is 1. The lowest BCUT2D eigenvalue weighted by Gasteiger charge is -2.34. The van der Waals surface area contributed by atoms with Gasteiger partial charge < -0.3 is 15.0 Å². The lowest BCUT2D eigenvalue weighted by Crippen LogP contribution is -2.51. The summed E-state index contributed by atoms with van der Waals surface area (Å²) in [5.41, 5.74) is 3.04. The van der Waals surface area contributed by atoms with E-state index in [2.05, 4.69) is 32.2 Å². The molecule has 0 unspecified atom stereocenters. The first-order valence-electron chi connectivity index (χ1n) is 8.02. The highest BCUT2D eigenvalue weighted by Gasteiger charge is 2.33. The van der Waals surface area contributed by atoms with Crippen molar-refractivity contribution in [2.75, 3.05) is 32.8 Å². The quantitative estimate of drug-likeness (QED) is 0.929. The largest absolute Gasteiger partial charge is 0.492 e. The molecular weight excluding hydrogens is 276 g/mol. The second kappa shape index (κ2) is 6.69. The Morgan fingerprint density at radius 3 is 2.50 bits per heavy atom. The molecule has 1 aliphatic heterocycles. The van der Waals surface area contributed by atoms with Crippen LogP contribution >= 0.6 is 0 Å². The zero-order valence-corrected chi connectivity index (χ0v) is 14.5.